The molecular formula is C14H29N3O. The van der Waals surface area contributed by atoms with Gasteiger partial charge in [-0.1, -0.05) is 20.3 Å². The molecule has 0 aromatic carbocycles. The van der Waals surface area contributed by atoms with Gasteiger partial charge in [0.25, 0.3) is 0 Å². The third-order valence-corrected chi connectivity index (χ3v) is 4.12. The molecule has 0 radical (unpaired) electrons. The molecule has 1 amide bonds. The van der Waals surface area contributed by atoms with Crippen LogP contribution < -0.4 is 11.5 Å². The van der Waals surface area contributed by atoms with Gasteiger partial charge in [-0.3, -0.25) is 4.79 Å². The second-order valence-corrected chi connectivity index (χ2v) is 6.34. The first kappa shape index (κ1) is 15.4. The number of carbonyl (C=O) groups is 1. The minimum atomic E-state index is -0.126. The van der Waals surface area contributed by atoms with E-state index in [-0.39, 0.29) is 17.2 Å². The number of unbranched alkanes of at least 4 members (excludes halogenated alkanes) is 1. The van der Waals surface area contributed by atoms with Gasteiger partial charge in [0.05, 0.1) is 0 Å². The second-order valence-electron chi connectivity index (χ2n) is 6.34. The molecule has 18 heavy (non-hydrogen) atoms. The maximum absolute atomic E-state index is 11.1. The van der Waals surface area contributed by atoms with Crippen molar-refractivity contribution in [1.82, 2.24) is 4.90 Å². The van der Waals surface area contributed by atoms with Gasteiger partial charge in [-0.2, -0.15) is 0 Å². The van der Waals surface area contributed by atoms with Gasteiger partial charge in [0.15, 0.2) is 0 Å². The van der Waals surface area contributed by atoms with Crippen LogP contribution in [0.15, 0.2) is 0 Å². The molecule has 4 nitrogen and oxygen atoms in total. The maximum atomic E-state index is 11.1. The van der Waals surface area contributed by atoms with E-state index in [2.05, 4.69) is 18.7 Å². The molecule has 0 aromatic heterocycles. The van der Waals surface area contributed by atoms with Crippen molar-refractivity contribution in [2.24, 2.45) is 22.8 Å². The first-order valence-electron chi connectivity index (χ1n) is 7.16. The van der Waals surface area contributed by atoms with Crippen molar-refractivity contribution in [1.29, 1.82) is 0 Å². The van der Waals surface area contributed by atoms with E-state index in [1.54, 1.807) is 0 Å². The lowest BCUT2D eigenvalue weighted by molar-refractivity contribution is -0.123. The normalized spacial score (nSPS) is 19.1. The summed E-state index contributed by atoms with van der Waals surface area (Å²) in [5, 5.41) is 0. The topological polar surface area (TPSA) is 72.3 Å². The summed E-state index contributed by atoms with van der Waals surface area (Å²) >= 11 is 0. The Hall–Kier alpha value is -0.610. The van der Waals surface area contributed by atoms with Crippen molar-refractivity contribution in [3.8, 4) is 0 Å². The largest absolute Gasteiger partial charge is 0.369 e. The summed E-state index contributed by atoms with van der Waals surface area (Å²) < 4.78 is 0. The Balaban J connectivity index is 2.10. The SMILES string of the molecule is CC(C)(CN)CCCCN1CCC(C(N)=O)CC1. The smallest absolute Gasteiger partial charge is 0.220 e. The van der Waals surface area contributed by atoms with Crippen LogP contribution in [0.1, 0.15) is 46.0 Å². The minimum absolute atomic E-state index is 0.109. The van der Waals surface area contributed by atoms with Gasteiger partial charge >= 0.3 is 0 Å². The Morgan fingerprint density at radius 1 is 1.28 bits per heavy atom. The molecule has 0 unspecified atom stereocenters. The Labute approximate surface area is 111 Å². The monoisotopic (exact) mass is 255 g/mol. The van der Waals surface area contributed by atoms with Crippen LogP contribution in [0.25, 0.3) is 0 Å². The van der Waals surface area contributed by atoms with E-state index >= 15 is 0 Å². The molecule has 4 N–H and O–H groups in total. The fourth-order valence-electron chi connectivity index (χ4n) is 2.48. The highest BCUT2D eigenvalue weighted by Gasteiger charge is 2.22. The molecule has 0 spiro atoms. The van der Waals surface area contributed by atoms with E-state index in [1.807, 2.05) is 0 Å². The van der Waals surface area contributed by atoms with Crippen LogP contribution in [0.5, 0.6) is 0 Å². The quantitative estimate of drug-likeness (QED) is 0.674. The molecule has 0 atom stereocenters. The molecular weight excluding hydrogens is 226 g/mol. The Bertz CT molecular complexity index is 258. The summed E-state index contributed by atoms with van der Waals surface area (Å²) in [6.07, 6.45) is 5.53. The van der Waals surface area contributed by atoms with E-state index in [0.29, 0.717) is 0 Å². The minimum Gasteiger partial charge on any atom is -0.369 e. The zero-order valence-electron chi connectivity index (χ0n) is 12.0. The van der Waals surface area contributed by atoms with Gasteiger partial charge in [0.2, 0.25) is 5.91 Å². The van der Waals surface area contributed by atoms with Crippen molar-refractivity contribution in [2.75, 3.05) is 26.2 Å². The highest BCUT2D eigenvalue weighted by molar-refractivity contribution is 5.76. The summed E-state index contributed by atoms with van der Waals surface area (Å²) in [5.41, 5.74) is 11.3. The van der Waals surface area contributed by atoms with E-state index < -0.39 is 0 Å². The van der Waals surface area contributed by atoms with Crippen LogP contribution in [-0.4, -0.2) is 37.0 Å². The summed E-state index contributed by atoms with van der Waals surface area (Å²) in [7, 11) is 0. The van der Waals surface area contributed by atoms with Crippen molar-refractivity contribution >= 4 is 5.91 Å². The van der Waals surface area contributed by atoms with Crippen LogP contribution in [0.4, 0.5) is 0 Å². The molecule has 1 aliphatic heterocycles. The van der Waals surface area contributed by atoms with Crippen LogP contribution >= 0.6 is 0 Å². The highest BCUT2D eigenvalue weighted by atomic mass is 16.1. The van der Waals surface area contributed by atoms with Crippen LogP contribution in [-0.2, 0) is 4.79 Å². The van der Waals surface area contributed by atoms with E-state index in [4.69, 9.17) is 11.5 Å². The average molecular weight is 255 g/mol. The number of likely N-dealkylation sites (tertiary alicyclic amines) is 1. The standard InChI is InChI=1S/C14H29N3O/c1-14(2,11-15)7-3-4-8-17-9-5-12(6-10-17)13(16)18/h12H,3-11,15H2,1-2H3,(H2,16,18). The zero-order valence-corrected chi connectivity index (χ0v) is 12.0. The van der Waals surface area contributed by atoms with Crippen LogP contribution in [0, 0.1) is 11.3 Å². The predicted molar refractivity (Wildman–Crippen MR) is 75.0 cm³/mol. The third-order valence-electron chi connectivity index (χ3n) is 4.12. The summed E-state index contributed by atoms with van der Waals surface area (Å²) in [4.78, 5) is 13.5. The Morgan fingerprint density at radius 2 is 1.89 bits per heavy atom. The Morgan fingerprint density at radius 3 is 2.39 bits per heavy atom. The molecule has 106 valence electrons. The zero-order chi connectivity index (χ0) is 13.6. The molecule has 0 bridgehead atoms. The third kappa shape index (κ3) is 5.36. The van der Waals surface area contributed by atoms with Crippen molar-refractivity contribution in [3.63, 3.8) is 0 Å². The second kappa shape index (κ2) is 7.10. The molecule has 1 heterocycles. The van der Waals surface area contributed by atoms with Crippen molar-refractivity contribution in [3.05, 3.63) is 0 Å². The van der Waals surface area contributed by atoms with E-state index in [1.165, 1.54) is 19.3 Å². The van der Waals surface area contributed by atoms with Crippen molar-refractivity contribution in [2.45, 2.75) is 46.0 Å². The molecule has 0 saturated carbocycles. The molecule has 4 heteroatoms. The van der Waals surface area contributed by atoms with Crippen LogP contribution in [0.3, 0.4) is 0 Å². The number of carbonyl (C=O) groups excluding carboxylic acids is 1. The maximum Gasteiger partial charge on any atom is 0.220 e. The number of piperidine rings is 1. The number of nitrogens with zero attached hydrogens (tertiary/aromatic N) is 1. The lowest BCUT2D eigenvalue weighted by Crippen LogP contribution is -2.39. The molecule has 0 aromatic rings. The van der Waals surface area contributed by atoms with Crippen LogP contribution in [0.2, 0.25) is 0 Å². The van der Waals surface area contributed by atoms with E-state index in [0.717, 1.165) is 39.0 Å². The summed E-state index contributed by atoms with van der Waals surface area (Å²) in [6.45, 7) is 8.40. The van der Waals surface area contributed by atoms with Gasteiger partial charge in [-0.15, -0.1) is 0 Å². The van der Waals surface area contributed by atoms with E-state index in [9.17, 15) is 4.79 Å². The Kier molecular flexibility index (Phi) is 6.09. The average Bonchev–Trinajstić information content (AvgIpc) is 2.35. The number of primary amides is 1. The first-order chi connectivity index (χ1) is 8.44. The lowest BCUT2D eigenvalue weighted by atomic mass is 9.87. The fraction of sp³-hybridized carbons (Fsp3) is 0.929. The lowest BCUT2D eigenvalue weighted by Gasteiger charge is -2.30. The molecule has 1 aliphatic rings. The molecule has 1 rings (SSSR count). The van der Waals surface area contributed by atoms with Gasteiger partial charge in [0, 0.05) is 5.92 Å². The molecule has 0 aliphatic carbocycles. The van der Waals surface area contributed by atoms with Gasteiger partial charge < -0.3 is 16.4 Å². The fourth-order valence-corrected chi connectivity index (χ4v) is 2.48. The highest BCUT2D eigenvalue weighted by Crippen LogP contribution is 2.22. The molecule has 1 fully saturated rings. The number of hydrogen-bond donors (Lipinski definition) is 2. The number of rotatable bonds is 7. The summed E-state index contributed by atoms with van der Waals surface area (Å²) in [6, 6.07) is 0. The summed E-state index contributed by atoms with van der Waals surface area (Å²) in [5.74, 6) is -0.0169. The molecule has 1 saturated heterocycles. The van der Waals surface area contributed by atoms with Crippen molar-refractivity contribution < 1.29 is 4.79 Å². The number of amides is 1. The predicted octanol–water partition coefficient (Wildman–Crippen LogP) is 1.34. The number of nitrogens with two attached hydrogens (primary N) is 2. The van der Waals surface area contributed by atoms with Gasteiger partial charge in [-0.25, -0.2) is 0 Å². The van der Waals surface area contributed by atoms with Gasteiger partial charge in [-0.05, 0) is 57.3 Å². The first-order valence-corrected chi connectivity index (χ1v) is 7.16. The van der Waals surface area contributed by atoms with Gasteiger partial charge in [0.1, 0.15) is 0 Å². The number of hydrogen-bond acceptors (Lipinski definition) is 3.